The van der Waals surface area contributed by atoms with Crippen molar-refractivity contribution in [3.05, 3.63) is 57.9 Å². The predicted octanol–water partition coefficient (Wildman–Crippen LogP) is 3.05. The molecular formula is C13H11BrFNO2. The highest BCUT2D eigenvalue weighted by atomic mass is 79.9. The van der Waals surface area contributed by atoms with Crippen molar-refractivity contribution in [1.29, 1.82) is 0 Å². The van der Waals surface area contributed by atoms with Crippen LogP contribution in [0.1, 0.15) is 11.1 Å². The molecule has 0 aliphatic carbocycles. The SMILES string of the molecule is OCc1cc(F)cnc1OCc1ccc(Br)cc1. The van der Waals surface area contributed by atoms with E-state index in [2.05, 4.69) is 20.9 Å². The number of ether oxygens (including phenoxy) is 1. The van der Waals surface area contributed by atoms with E-state index in [1.54, 1.807) is 0 Å². The third kappa shape index (κ3) is 3.27. The largest absolute Gasteiger partial charge is 0.473 e. The quantitative estimate of drug-likeness (QED) is 0.943. The molecule has 2 aromatic rings. The summed E-state index contributed by atoms with van der Waals surface area (Å²) in [4.78, 5) is 3.82. The van der Waals surface area contributed by atoms with Crippen molar-refractivity contribution >= 4 is 15.9 Å². The van der Waals surface area contributed by atoms with Crippen LogP contribution in [0.15, 0.2) is 41.0 Å². The Morgan fingerprint density at radius 1 is 1.28 bits per heavy atom. The Bertz CT molecular complexity index is 531. The van der Waals surface area contributed by atoms with Crippen LogP contribution >= 0.6 is 15.9 Å². The first-order valence-electron chi connectivity index (χ1n) is 5.31. The molecule has 1 N–H and O–H groups in total. The highest BCUT2D eigenvalue weighted by Gasteiger charge is 2.06. The van der Waals surface area contributed by atoms with Gasteiger partial charge < -0.3 is 9.84 Å². The number of halogens is 2. The van der Waals surface area contributed by atoms with Crippen LogP contribution < -0.4 is 4.74 Å². The van der Waals surface area contributed by atoms with E-state index in [1.807, 2.05) is 24.3 Å². The molecule has 0 aliphatic rings. The fraction of sp³-hybridized carbons (Fsp3) is 0.154. The molecule has 1 heterocycles. The Balaban J connectivity index is 2.08. The average molecular weight is 312 g/mol. The summed E-state index contributed by atoms with van der Waals surface area (Å²) in [5.74, 6) is -0.239. The van der Waals surface area contributed by atoms with Crippen LogP contribution in [0.3, 0.4) is 0 Å². The van der Waals surface area contributed by atoms with Crippen molar-refractivity contribution in [3.63, 3.8) is 0 Å². The number of nitrogens with zero attached hydrogens (tertiary/aromatic N) is 1. The van der Waals surface area contributed by atoms with Gasteiger partial charge in [-0.3, -0.25) is 0 Å². The van der Waals surface area contributed by atoms with Crippen LogP contribution in [0, 0.1) is 5.82 Å². The first kappa shape index (κ1) is 13.0. The second-order valence-electron chi connectivity index (χ2n) is 3.69. The Morgan fingerprint density at radius 3 is 2.67 bits per heavy atom. The van der Waals surface area contributed by atoms with Gasteiger partial charge in [-0.2, -0.15) is 0 Å². The van der Waals surface area contributed by atoms with E-state index in [0.717, 1.165) is 16.2 Å². The zero-order chi connectivity index (χ0) is 13.0. The Morgan fingerprint density at radius 2 is 2.00 bits per heavy atom. The van der Waals surface area contributed by atoms with Crippen molar-refractivity contribution in [1.82, 2.24) is 4.98 Å². The smallest absolute Gasteiger partial charge is 0.219 e. The van der Waals surface area contributed by atoms with E-state index in [9.17, 15) is 4.39 Å². The minimum absolute atomic E-state index is 0.252. The van der Waals surface area contributed by atoms with Gasteiger partial charge in [0.15, 0.2) is 0 Å². The summed E-state index contributed by atoms with van der Waals surface area (Å²) in [5, 5.41) is 9.08. The number of benzene rings is 1. The summed E-state index contributed by atoms with van der Waals surface area (Å²) >= 11 is 3.34. The van der Waals surface area contributed by atoms with Crippen LogP contribution in [0.2, 0.25) is 0 Å². The van der Waals surface area contributed by atoms with Crippen LogP contribution in [0.25, 0.3) is 0 Å². The Kier molecular flexibility index (Phi) is 4.28. The molecule has 1 aromatic carbocycles. The Hall–Kier alpha value is -1.46. The number of pyridine rings is 1. The lowest BCUT2D eigenvalue weighted by Gasteiger charge is -2.09. The van der Waals surface area contributed by atoms with E-state index in [0.29, 0.717) is 12.2 Å². The summed E-state index contributed by atoms with van der Waals surface area (Å²) in [6, 6.07) is 8.84. The zero-order valence-corrected chi connectivity index (χ0v) is 11.0. The summed E-state index contributed by atoms with van der Waals surface area (Å²) < 4.78 is 19.4. The molecule has 0 unspecified atom stereocenters. The standard InChI is InChI=1S/C13H11BrFNO2/c14-11-3-1-9(2-4-11)8-18-13-10(7-17)5-12(15)6-16-13/h1-6,17H,7-8H2. The van der Waals surface area contributed by atoms with Crippen molar-refractivity contribution in [2.24, 2.45) is 0 Å². The molecule has 0 atom stereocenters. The number of hydrogen-bond acceptors (Lipinski definition) is 3. The first-order valence-corrected chi connectivity index (χ1v) is 6.11. The van der Waals surface area contributed by atoms with Gasteiger partial charge >= 0.3 is 0 Å². The van der Waals surface area contributed by atoms with Crippen molar-refractivity contribution in [3.8, 4) is 5.88 Å². The molecule has 18 heavy (non-hydrogen) atoms. The van der Waals surface area contributed by atoms with Crippen LogP contribution in [-0.2, 0) is 13.2 Å². The number of rotatable bonds is 4. The Labute approximate surface area is 112 Å². The lowest BCUT2D eigenvalue weighted by molar-refractivity contribution is 0.251. The second kappa shape index (κ2) is 5.93. The normalized spacial score (nSPS) is 10.4. The fourth-order valence-electron chi connectivity index (χ4n) is 1.44. The number of aliphatic hydroxyl groups is 1. The summed E-state index contributed by atoms with van der Waals surface area (Å²) in [6.07, 6.45) is 1.07. The second-order valence-corrected chi connectivity index (χ2v) is 4.61. The molecule has 0 fully saturated rings. The molecule has 3 nitrogen and oxygen atoms in total. The van der Waals surface area contributed by atoms with Crippen LogP contribution in [0.5, 0.6) is 5.88 Å². The minimum atomic E-state index is -0.491. The highest BCUT2D eigenvalue weighted by molar-refractivity contribution is 9.10. The first-order chi connectivity index (χ1) is 8.69. The van der Waals surface area contributed by atoms with Crippen LogP contribution in [-0.4, -0.2) is 10.1 Å². The highest BCUT2D eigenvalue weighted by Crippen LogP contribution is 2.18. The van der Waals surface area contributed by atoms with Gasteiger partial charge in [0.05, 0.1) is 12.8 Å². The third-order valence-electron chi connectivity index (χ3n) is 2.35. The molecule has 0 spiro atoms. The minimum Gasteiger partial charge on any atom is -0.473 e. The van der Waals surface area contributed by atoms with E-state index >= 15 is 0 Å². The van der Waals surface area contributed by atoms with Crippen molar-refractivity contribution in [2.75, 3.05) is 0 Å². The molecule has 0 saturated heterocycles. The van der Waals surface area contributed by atoms with E-state index < -0.39 is 5.82 Å². The van der Waals surface area contributed by atoms with Gasteiger partial charge in [0.1, 0.15) is 12.4 Å². The monoisotopic (exact) mass is 311 g/mol. The summed E-state index contributed by atoms with van der Waals surface area (Å²) in [5.41, 5.74) is 1.31. The summed E-state index contributed by atoms with van der Waals surface area (Å²) in [7, 11) is 0. The van der Waals surface area contributed by atoms with E-state index in [4.69, 9.17) is 9.84 Å². The molecule has 1 aromatic heterocycles. The van der Waals surface area contributed by atoms with E-state index in [-0.39, 0.29) is 12.5 Å². The molecule has 2 rings (SSSR count). The molecule has 0 aliphatic heterocycles. The van der Waals surface area contributed by atoms with Gasteiger partial charge in [-0.05, 0) is 23.8 Å². The molecule has 94 valence electrons. The topological polar surface area (TPSA) is 42.4 Å². The van der Waals surface area contributed by atoms with Crippen molar-refractivity contribution in [2.45, 2.75) is 13.2 Å². The molecule has 0 amide bonds. The zero-order valence-electron chi connectivity index (χ0n) is 9.44. The number of aromatic nitrogens is 1. The van der Waals surface area contributed by atoms with Gasteiger partial charge in [0, 0.05) is 10.0 Å². The van der Waals surface area contributed by atoms with E-state index in [1.165, 1.54) is 6.07 Å². The number of hydrogen-bond donors (Lipinski definition) is 1. The van der Waals surface area contributed by atoms with Crippen LogP contribution in [0.4, 0.5) is 4.39 Å². The van der Waals surface area contributed by atoms with Gasteiger partial charge in [-0.25, -0.2) is 9.37 Å². The molecule has 0 bridgehead atoms. The van der Waals surface area contributed by atoms with Crippen molar-refractivity contribution < 1.29 is 14.2 Å². The lowest BCUT2D eigenvalue weighted by atomic mass is 10.2. The molecule has 0 saturated carbocycles. The van der Waals surface area contributed by atoms with Gasteiger partial charge in [0.25, 0.3) is 0 Å². The predicted molar refractivity (Wildman–Crippen MR) is 68.6 cm³/mol. The summed E-state index contributed by atoms with van der Waals surface area (Å²) in [6.45, 7) is 0.0132. The van der Waals surface area contributed by atoms with Gasteiger partial charge in [-0.1, -0.05) is 28.1 Å². The molecular weight excluding hydrogens is 301 g/mol. The maximum Gasteiger partial charge on any atom is 0.219 e. The third-order valence-corrected chi connectivity index (χ3v) is 2.88. The fourth-order valence-corrected chi connectivity index (χ4v) is 1.71. The molecule has 0 radical (unpaired) electrons. The number of aliphatic hydroxyl groups excluding tert-OH is 1. The van der Waals surface area contributed by atoms with Gasteiger partial charge in [-0.15, -0.1) is 0 Å². The maximum absolute atomic E-state index is 12.9. The van der Waals surface area contributed by atoms with Gasteiger partial charge in [0.2, 0.25) is 5.88 Å². The average Bonchev–Trinajstić information content (AvgIpc) is 2.39. The lowest BCUT2D eigenvalue weighted by Crippen LogP contribution is -2.01. The molecule has 5 heteroatoms. The maximum atomic E-state index is 12.9.